The zero-order valence-electron chi connectivity index (χ0n) is 12.2. The number of sulfonamides is 1. The Morgan fingerprint density at radius 1 is 1.43 bits per heavy atom. The van der Waals surface area contributed by atoms with E-state index in [-0.39, 0.29) is 13.1 Å². The van der Waals surface area contributed by atoms with Crippen LogP contribution in [0, 0.1) is 0 Å². The molecule has 0 aliphatic carbocycles. The minimum Gasteiger partial charge on any atom is -0.492 e. The molecule has 116 valence electrons. The lowest BCUT2D eigenvalue weighted by Gasteiger charge is -2.23. The summed E-state index contributed by atoms with van der Waals surface area (Å²) in [6.07, 6.45) is 2.58. The van der Waals surface area contributed by atoms with E-state index in [4.69, 9.17) is 4.74 Å². The molecule has 1 aromatic carbocycles. The summed E-state index contributed by atoms with van der Waals surface area (Å²) in [5, 5.41) is 2.55. The molecule has 0 bridgehead atoms. The van der Waals surface area contributed by atoms with Gasteiger partial charge in [0.2, 0.25) is 15.9 Å². The number of anilines is 1. The molecule has 0 fully saturated rings. The van der Waals surface area contributed by atoms with E-state index in [1.165, 1.54) is 6.08 Å². The van der Waals surface area contributed by atoms with Crippen LogP contribution in [0.3, 0.4) is 0 Å². The predicted molar refractivity (Wildman–Crippen MR) is 83.0 cm³/mol. The first-order valence-electron chi connectivity index (χ1n) is 6.47. The number of rotatable bonds is 8. The minimum atomic E-state index is -3.61. The van der Waals surface area contributed by atoms with Crippen molar-refractivity contribution in [2.45, 2.75) is 6.92 Å². The SMILES string of the molecule is C=CCNC(=O)CN(c1ccccc1OCC)S(C)(=O)=O. The highest BCUT2D eigenvalue weighted by Crippen LogP contribution is 2.29. The number of carbonyl (C=O) groups excluding carboxylic acids is 1. The van der Waals surface area contributed by atoms with E-state index < -0.39 is 15.9 Å². The molecular weight excluding hydrogens is 292 g/mol. The van der Waals surface area contributed by atoms with E-state index in [0.717, 1.165) is 10.6 Å². The molecule has 0 saturated heterocycles. The average molecular weight is 312 g/mol. The molecule has 0 aliphatic heterocycles. The largest absolute Gasteiger partial charge is 0.492 e. The Hall–Kier alpha value is -2.02. The van der Waals surface area contributed by atoms with Crippen molar-refractivity contribution in [1.29, 1.82) is 0 Å². The first-order valence-corrected chi connectivity index (χ1v) is 8.32. The molecule has 1 rings (SSSR count). The molecular formula is C14H20N2O4S. The Morgan fingerprint density at radius 3 is 2.67 bits per heavy atom. The van der Waals surface area contributed by atoms with Crippen LogP contribution in [0.5, 0.6) is 5.75 Å². The van der Waals surface area contributed by atoms with Crippen LogP contribution < -0.4 is 14.4 Å². The van der Waals surface area contributed by atoms with Crippen molar-refractivity contribution in [3.63, 3.8) is 0 Å². The molecule has 0 aromatic heterocycles. The molecule has 0 saturated carbocycles. The number of nitrogens with zero attached hydrogens (tertiary/aromatic N) is 1. The summed E-state index contributed by atoms with van der Waals surface area (Å²) in [6, 6.07) is 6.70. The smallest absolute Gasteiger partial charge is 0.241 e. The first kappa shape index (κ1) is 17.0. The molecule has 0 atom stereocenters. The third kappa shape index (κ3) is 5.11. The molecule has 0 unspecified atom stereocenters. The number of ether oxygens (including phenoxy) is 1. The van der Waals surface area contributed by atoms with Gasteiger partial charge < -0.3 is 10.1 Å². The summed E-state index contributed by atoms with van der Waals surface area (Å²) in [5.41, 5.74) is 0.343. The van der Waals surface area contributed by atoms with E-state index in [1.54, 1.807) is 31.2 Å². The lowest BCUT2D eigenvalue weighted by atomic mass is 10.3. The standard InChI is InChI=1S/C14H20N2O4S/c1-4-10-15-14(17)11-16(21(3,18)19)12-8-6-7-9-13(12)20-5-2/h4,6-9H,1,5,10-11H2,2-3H3,(H,15,17). The van der Waals surface area contributed by atoms with Crippen molar-refractivity contribution in [2.24, 2.45) is 0 Å². The average Bonchev–Trinajstić information content (AvgIpc) is 2.42. The van der Waals surface area contributed by atoms with Gasteiger partial charge in [0.1, 0.15) is 12.3 Å². The number of hydrogen-bond acceptors (Lipinski definition) is 4. The van der Waals surface area contributed by atoms with E-state index in [0.29, 0.717) is 18.0 Å². The van der Waals surface area contributed by atoms with Crippen molar-refractivity contribution in [3.05, 3.63) is 36.9 Å². The van der Waals surface area contributed by atoms with Gasteiger partial charge in [0, 0.05) is 6.54 Å². The van der Waals surface area contributed by atoms with Gasteiger partial charge in [0.25, 0.3) is 0 Å². The van der Waals surface area contributed by atoms with Gasteiger partial charge in [-0.05, 0) is 19.1 Å². The zero-order chi connectivity index (χ0) is 15.9. The van der Waals surface area contributed by atoms with Crippen molar-refractivity contribution in [2.75, 3.05) is 30.3 Å². The van der Waals surface area contributed by atoms with Crippen LogP contribution in [-0.2, 0) is 14.8 Å². The Bertz CT molecular complexity index is 599. The molecule has 21 heavy (non-hydrogen) atoms. The van der Waals surface area contributed by atoms with Crippen LogP contribution in [0.2, 0.25) is 0 Å². The van der Waals surface area contributed by atoms with Gasteiger partial charge in [-0.3, -0.25) is 9.10 Å². The fraction of sp³-hybridized carbons (Fsp3) is 0.357. The number of para-hydroxylation sites is 2. The molecule has 1 N–H and O–H groups in total. The summed E-state index contributed by atoms with van der Waals surface area (Å²) in [7, 11) is -3.61. The van der Waals surface area contributed by atoms with Crippen molar-refractivity contribution in [3.8, 4) is 5.75 Å². The van der Waals surface area contributed by atoms with Crippen LogP contribution in [0.1, 0.15) is 6.92 Å². The molecule has 7 heteroatoms. The fourth-order valence-electron chi connectivity index (χ4n) is 1.69. The Balaban J connectivity index is 3.09. The van der Waals surface area contributed by atoms with Crippen LogP contribution in [0.4, 0.5) is 5.69 Å². The second kappa shape index (κ2) is 7.68. The number of carbonyl (C=O) groups is 1. The lowest BCUT2D eigenvalue weighted by molar-refractivity contribution is -0.119. The van der Waals surface area contributed by atoms with Crippen LogP contribution in [0.25, 0.3) is 0 Å². The molecule has 6 nitrogen and oxygen atoms in total. The third-order valence-corrected chi connectivity index (χ3v) is 3.69. The highest BCUT2D eigenvalue weighted by Gasteiger charge is 2.23. The van der Waals surface area contributed by atoms with E-state index in [9.17, 15) is 13.2 Å². The maximum Gasteiger partial charge on any atom is 0.241 e. The van der Waals surface area contributed by atoms with Crippen molar-refractivity contribution >= 4 is 21.6 Å². The van der Waals surface area contributed by atoms with Gasteiger partial charge in [-0.15, -0.1) is 6.58 Å². The normalized spacial score (nSPS) is 10.8. The number of nitrogens with one attached hydrogen (secondary N) is 1. The summed E-state index contributed by atoms with van der Waals surface area (Å²) in [5.74, 6) is 0.00794. The second-order valence-corrected chi connectivity index (χ2v) is 6.17. The molecule has 0 heterocycles. The van der Waals surface area contributed by atoms with Crippen molar-refractivity contribution < 1.29 is 17.9 Å². The Kier molecular flexibility index (Phi) is 6.23. The summed E-state index contributed by atoms with van der Waals surface area (Å²) in [4.78, 5) is 11.8. The maximum atomic E-state index is 12.0. The van der Waals surface area contributed by atoms with Gasteiger partial charge in [-0.1, -0.05) is 18.2 Å². The van der Waals surface area contributed by atoms with Gasteiger partial charge in [-0.2, -0.15) is 0 Å². The molecule has 0 radical (unpaired) electrons. The quantitative estimate of drug-likeness (QED) is 0.731. The van der Waals surface area contributed by atoms with E-state index >= 15 is 0 Å². The molecule has 0 spiro atoms. The van der Waals surface area contributed by atoms with Crippen LogP contribution in [0.15, 0.2) is 36.9 Å². The highest BCUT2D eigenvalue weighted by molar-refractivity contribution is 7.92. The van der Waals surface area contributed by atoms with Gasteiger partial charge in [0.15, 0.2) is 0 Å². The van der Waals surface area contributed by atoms with E-state index in [2.05, 4.69) is 11.9 Å². The van der Waals surface area contributed by atoms with Crippen LogP contribution in [-0.4, -0.2) is 40.3 Å². The predicted octanol–water partition coefficient (Wildman–Crippen LogP) is 1.15. The van der Waals surface area contributed by atoms with Crippen molar-refractivity contribution in [1.82, 2.24) is 5.32 Å². The Labute approximate surface area is 125 Å². The maximum absolute atomic E-state index is 12.0. The molecule has 1 aromatic rings. The summed E-state index contributed by atoms with van der Waals surface area (Å²) < 4.78 is 30.4. The van der Waals surface area contributed by atoms with E-state index in [1.807, 2.05) is 0 Å². The summed E-state index contributed by atoms with van der Waals surface area (Å²) >= 11 is 0. The zero-order valence-corrected chi connectivity index (χ0v) is 13.0. The number of benzene rings is 1. The minimum absolute atomic E-state index is 0.281. The monoisotopic (exact) mass is 312 g/mol. The fourth-order valence-corrected chi connectivity index (χ4v) is 2.55. The third-order valence-electron chi connectivity index (χ3n) is 2.56. The highest BCUT2D eigenvalue weighted by atomic mass is 32.2. The topological polar surface area (TPSA) is 75.7 Å². The lowest BCUT2D eigenvalue weighted by Crippen LogP contribution is -2.40. The van der Waals surface area contributed by atoms with Gasteiger partial charge in [-0.25, -0.2) is 8.42 Å². The number of amides is 1. The summed E-state index contributed by atoms with van der Waals surface area (Å²) in [6.45, 7) is 5.67. The molecule has 0 aliphatic rings. The Morgan fingerprint density at radius 2 is 2.10 bits per heavy atom. The van der Waals surface area contributed by atoms with Gasteiger partial charge >= 0.3 is 0 Å². The second-order valence-electron chi connectivity index (χ2n) is 4.26. The van der Waals surface area contributed by atoms with Crippen LogP contribution >= 0.6 is 0 Å². The van der Waals surface area contributed by atoms with Gasteiger partial charge in [0.05, 0.1) is 18.6 Å². The number of hydrogen-bond donors (Lipinski definition) is 1. The molecule has 1 amide bonds. The first-order chi connectivity index (χ1) is 9.90.